The quantitative estimate of drug-likeness (QED) is 0.718. The number of hydrogen-bond donors (Lipinski definition) is 0. The molecule has 1 rings (SSSR count). The van der Waals surface area contributed by atoms with Gasteiger partial charge in [-0.05, 0) is 35.7 Å². The maximum absolute atomic E-state index is 11.1. The molecule has 1 aromatic carbocycles. The highest BCUT2D eigenvalue weighted by molar-refractivity contribution is 6.64. The number of methoxy groups -OCH3 is 1. The van der Waals surface area contributed by atoms with Crippen LogP contribution in [0.15, 0.2) is 24.3 Å². The first-order valence-corrected chi connectivity index (χ1v) is 4.90. The van der Waals surface area contributed by atoms with Crippen LogP contribution in [0.4, 0.5) is 0 Å². The van der Waals surface area contributed by atoms with Crippen molar-refractivity contribution < 1.29 is 9.53 Å². The topological polar surface area (TPSA) is 26.3 Å². The van der Waals surface area contributed by atoms with Gasteiger partial charge in [0.25, 0.3) is 0 Å². The minimum Gasteiger partial charge on any atom is -0.497 e. The summed E-state index contributed by atoms with van der Waals surface area (Å²) >= 11 is 5.49. The van der Waals surface area contributed by atoms with Gasteiger partial charge in [-0.15, -0.1) is 0 Å². The Morgan fingerprint density at radius 2 is 2.29 bits per heavy atom. The molecule has 0 bridgehead atoms. The molecule has 0 saturated heterocycles. The smallest absolute Gasteiger partial charge is 0.229 e. The summed E-state index contributed by atoms with van der Waals surface area (Å²) in [5.74, 6) is 0.519. The van der Waals surface area contributed by atoms with Crippen LogP contribution in [0.3, 0.4) is 0 Å². The fourth-order valence-corrected chi connectivity index (χ4v) is 1.67. The van der Waals surface area contributed by atoms with Crippen LogP contribution in [-0.2, 0) is 4.79 Å². The Hall–Kier alpha value is -1.02. The van der Waals surface area contributed by atoms with E-state index in [-0.39, 0.29) is 11.2 Å². The molecule has 2 nitrogen and oxygen atoms in total. The van der Waals surface area contributed by atoms with Crippen LogP contribution in [0.25, 0.3) is 0 Å². The standard InChI is InChI=1S/C11H13ClO2/c1-3-10(11(12)13)8-5-4-6-9(7-8)14-2/h4-7,10H,3H2,1-2H3. The molecule has 0 radical (unpaired) electrons. The summed E-state index contributed by atoms with van der Waals surface area (Å²) in [7, 11) is 1.60. The van der Waals surface area contributed by atoms with E-state index in [0.717, 1.165) is 11.3 Å². The molecule has 0 amide bonds. The molecule has 76 valence electrons. The van der Waals surface area contributed by atoms with E-state index >= 15 is 0 Å². The molecule has 0 aliphatic heterocycles. The van der Waals surface area contributed by atoms with Crippen molar-refractivity contribution in [3.63, 3.8) is 0 Å². The summed E-state index contributed by atoms with van der Waals surface area (Å²) in [6, 6.07) is 7.43. The van der Waals surface area contributed by atoms with E-state index in [4.69, 9.17) is 16.3 Å². The molecule has 1 unspecified atom stereocenters. The molecule has 0 aliphatic rings. The number of ether oxygens (including phenoxy) is 1. The fourth-order valence-electron chi connectivity index (χ4n) is 1.39. The fraction of sp³-hybridized carbons (Fsp3) is 0.364. The average molecular weight is 213 g/mol. The summed E-state index contributed by atoms with van der Waals surface area (Å²) in [4.78, 5) is 11.1. The lowest BCUT2D eigenvalue weighted by Gasteiger charge is -2.11. The highest BCUT2D eigenvalue weighted by Crippen LogP contribution is 2.25. The molecule has 0 aliphatic carbocycles. The van der Waals surface area contributed by atoms with Gasteiger partial charge in [-0.2, -0.15) is 0 Å². The Morgan fingerprint density at radius 3 is 2.79 bits per heavy atom. The second kappa shape index (κ2) is 5.01. The summed E-state index contributed by atoms with van der Waals surface area (Å²) in [6.07, 6.45) is 0.704. The first kappa shape index (κ1) is 11.1. The summed E-state index contributed by atoms with van der Waals surface area (Å²) in [5.41, 5.74) is 0.909. The van der Waals surface area contributed by atoms with Crippen molar-refractivity contribution in [1.82, 2.24) is 0 Å². The highest BCUT2D eigenvalue weighted by Gasteiger charge is 2.16. The zero-order chi connectivity index (χ0) is 10.6. The molecule has 3 heteroatoms. The molecule has 0 saturated carbocycles. The molecular weight excluding hydrogens is 200 g/mol. The van der Waals surface area contributed by atoms with Crippen LogP contribution in [0.2, 0.25) is 0 Å². The number of benzene rings is 1. The van der Waals surface area contributed by atoms with Gasteiger partial charge in [-0.25, -0.2) is 0 Å². The monoisotopic (exact) mass is 212 g/mol. The second-order valence-electron chi connectivity index (χ2n) is 3.04. The van der Waals surface area contributed by atoms with E-state index < -0.39 is 0 Å². The van der Waals surface area contributed by atoms with Gasteiger partial charge in [0.05, 0.1) is 13.0 Å². The lowest BCUT2D eigenvalue weighted by Crippen LogP contribution is -2.05. The molecule has 1 aromatic rings. The van der Waals surface area contributed by atoms with Crippen molar-refractivity contribution in [2.75, 3.05) is 7.11 Å². The van der Waals surface area contributed by atoms with E-state index in [1.165, 1.54) is 0 Å². The zero-order valence-corrected chi connectivity index (χ0v) is 9.04. The van der Waals surface area contributed by atoms with E-state index in [0.29, 0.717) is 6.42 Å². The Labute approximate surface area is 88.8 Å². The number of halogens is 1. The predicted molar refractivity (Wildman–Crippen MR) is 56.9 cm³/mol. The lowest BCUT2D eigenvalue weighted by molar-refractivity contribution is -0.113. The van der Waals surface area contributed by atoms with Gasteiger partial charge in [-0.1, -0.05) is 19.1 Å². The van der Waals surface area contributed by atoms with Crippen LogP contribution < -0.4 is 4.74 Å². The van der Waals surface area contributed by atoms with Crippen molar-refractivity contribution in [3.05, 3.63) is 29.8 Å². The Kier molecular flexibility index (Phi) is 3.96. The van der Waals surface area contributed by atoms with E-state index in [2.05, 4.69) is 0 Å². The Balaban J connectivity index is 2.98. The van der Waals surface area contributed by atoms with Crippen molar-refractivity contribution in [1.29, 1.82) is 0 Å². The number of rotatable bonds is 4. The van der Waals surface area contributed by atoms with Crippen LogP contribution in [0.5, 0.6) is 5.75 Å². The molecule has 14 heavy (non-hydrogen) atoms. The van der Waals surface area contributed by atoms with Crippen molar-refractivity contribution in [2.45, 2.75) is 19.3 Å². The lowest BCUT2D eigenvalue weighted by atomic mass is 9.98. The number of carbonyl (C=O) groups is 1. The summed E-state index contributed by atoms with van der Waals surface area (Å²) in [5, 5.41) is -0.319. The Morgan fingerprint density at radius 1 is 1.57 bits per heavy atom. The largest absolute Gasteiger partial charge is 0.497 e. The van der Waals surface area contributed by atoms with E-state index in [1.54, 1.807) is 7.11 Å². The van der Waals surface area contributed by atoms with Gasteiger partial charge in [0, 0.05) is 0 Å². The third-order valence-corrected chi connectivity index (χ3v) is 2.44. The van der Waals surface area contributed by atoms with Gasteiger partial charge in [0.15, 0.2) is 0 Å². The zero-order valence-electron chi connectivity index (χ0n) is 8.29. The minimum atomic E-state index is -0.319. The van der Waals surface area contributed by atoms with Gasteiger partial charge in [0.2, 0.25) is 5.24 Å². The normalized spacial score (nSPS) is 12.2. The number of carbonyl (C=O) groups excluding carboxylic acids is 1. The first-order chi connectivity index (χ1) is 6.69. The third kappa shape index (κ3) is 2.48. The molecular formula is C11H13ClO2. The highest BCUT2D eigenvalue weighted by atomic mass is 35.5. The summed E-state index contributed by atoms with van der Waals surface area (Å²) in [6.45, 7) is 1.93. The molecule has 0 heterocycles. The van der Waals surface area contributed by atoms with Crippen LogP contribution in [-0.4, -0.2) is 12.4 Å². The van der Waals surface area contributed by atoms with E-state index in [9.17, 15) is 4.79 Å². The predicted octanol–water partition coefficient (Wildman–Crippen LogP) is 2.95. The summed E-state index contributed by atoms with van der Waals surface area (Å²) < 4.78 is 5.07. The SMILES string of the molecule is CCC(C(=O)Cl)c1cccc(OC)c1. The van der Waals surface area contributed by atoms with Gasteiger partial charge in [0.1, 0.15) is 5.75 Å². The second-order valence-corrected chi connectivity index (χ2v) is 3.41. The van der Waals surface area contributed by atoms with Crippen molar-refractivity contribution in [3.8, 4) is 5.75 Å². The molecule has 0 N–H and O–H groups in total. The van der Waals surface area contributed by atoms with Gasteiger partial charge < -0.3 is 4.74 Å². The van der Waals surface area contributed by atoms with E-state index in [1.807, 2.05) is 31.2 Å². The van der Waals surface area contributed by atoms with Gasteiger partial charge in [-0.3, -0.25) is 4.79 Å². The maximum atomic E-state index is 11.1. The van der Waals surface area contributed by atoms with Crippen LogP contribution >= 0.6 is 11.6 Å². The molecule has 0 fully saturated rings. The number of hydrogen-bond acceptors (Lipinski definition) is 2. The molecule has 0 aromatic heterocycles. The molecule has 0 spiro atoms. The third-order valence-electron chi connectivity index (χ3n) is 2.18. The minimum absolute atomic E-state index is 0.230. The first-order valence-electron chi connectivity index (χ1n) is 4.52. The molecule has 1 atom stereocenters. The van der Waals surface area contributed by atoms with Crippen LogP contribution in [0.1, 0.15) is 24.8 Å². The van der Waals surface area contributed by atoms with Crippen molar-refractivity contribution in [2.24, 2.45) is 0 Å². The van der Waals surface area contributed by atoms with Crippen molar-refractivity contribution >= 4 is 16.8 Å². The Bertz CT molecular complexity index is 323. The average Bonchev–Trinajstić information content (AvgIpc) is 2.19. The van der Waals surface area contributed by atoms with Gasteiger partial charge >= 0.3 is 0 Å². The maximum Gasteiger partial charge on any atom is 0.229 e. The van der Waals surface area contributed by atoms with Crippen LogP contribution in [0, 0.1) is 0 Å².